The minimum Gasteiger partial charge on any atom is -0.384 e. The smallest absolute Gasteiger partial charge is 0.230 e. The van der Waals surface area contributed by atoms with Crippen molar-refractivity contribution in [2.45, 2.75) is 20.3 Å². The summed E-state index contributed by atoms with van der Waals surface area (Å²) in [7, 11) is 0. The van der Waals surface area contributed by atoms with Crippen molar-refractivity contribution >= 4 is 64.6 Å². The summed E-state index contributed by atoms with van der Waals surface area (Å²) in [5.41, 5.74) is 6.65. The van der Waals surface area contributed by atoms with Crippen molar-refractivity contribution in [2.24, 2.45) is 5.92 Å². The molecule has 0 fully saturated rings. The molecule has 10 heteroatoms. The van der Waals surface area contributed by atoms with Crippen molar-refractivity contribution in [2.75, 3.05) is 16.4 Å². The number of hydrogen-bond acceptors (Lipinski definition) is 6. The number of halogens is 2. The summed E-state index contributed by atoms with van der Waals surface area (Å²) in [5.74, 6) is -0.0337. The second kappa shape index (κ2) is 10.1. The van der Waals surface area contributed by atoms with Crippen molar-refractivity contribution in [1.82, 2.24) is 9.97 Å². The summed E-state index contributed by atoms with van der Waals surface area (Å²) in [6, 6.07) is 3.29. The van der Waals surface area contributed by atoms with Gasteiger partial charge in [0, 0.05) is 11.3 Å². The van der Waals surface area contributed by atoms with Crippen LogP contribution in [0.2, 0.25) is 0 Å². The molecule has 0 bridgehead atoms. The second-order valence-corrected chi connectivity index (χ2v) is 5.84. The Hall–Kier alpha value is -1.90. The number of nitrogens with two attached hydrogens (primary N) is 1. The zero-order valence-corrected chi connectivity index (χ0v) is 15.6. The molecule has 4 N–H and O–H groups in total. The van der Waals surface area contributed by atoms with Crippen LogP contribution in [0.3, 0.4) is 0 Å². The van der Waals surface area contributed by atoms with Gasteiger partial charge in [-0.2, -0.15) is 0 Å². The number of hydrogen-bond donors (Lipinski definition) is 3. The Morgan fingerprint density at radius 2 is 1.96 bits per heavy atom. The molecule has 0 aromatic carbocycles. The summed E-state index contributed by atoms with van der Waals surface area (Å²) in [6.07, 6.45) is 1.61. The Bertz CT molecular complexity index is 676. The molecule has 2 heterocycles. The fourth-order valence-electron chi connectivity index (χ4n) is 1.54. The molecule has 7 nitrogen and oxygen atoms in total. The Morgan fingerprint density at radius 1 is 1.25 bits per heavy atom. The first-order valence-electron chi connectivity index (χ1n) is 6.70. The van der Waals surface area contributed by atoms with E-state index in [0.717, 1.165) is 0 Å². The molecule has 0 saturated heterocycles. The van der Waals surface area contributed by atoms with Gasteiger partial charge in [-0.25, -0.2) is 9.97 Å². The lowest BCUT2D eigenvalue weighted by Crippen LogP contribution is -2.18. The van der Waals surface area contributed by atoms with Gasteiger partial charge in [-0.15, -0.1) is 36.2 Å². The average Bonchev–Trinajstić information content (AvgIpc) is 2.88. The number of nitrogens with one attached hydrogen (secondary N) is 2. The molecule has 24 heavy (non-hydrogen) atoms. The van der Waals surface area contributed by atoms with E-state index >= 15 is 0 Å². The Morgan fingerprint density at radius 3 is 2.54 bits per heavy atom. The van der Waals surface area contributed by atoms with E-state index < -0.39 is 0 Å². The topological polar surface area (TPSA) is 110 Å². The minimum absolute atomic E-state index is 0. The highest BCUT2D eigenvalue weighted by Crippen LogP contribution is 2.17. The van der Waals surface area contributed by atoms with Gasteiger partial charge >= 0.3 is 0 Å². The lowest BCUT2D eigenvalue weighted by Gasteiger charge is -2.04. The van der Waals surface area contributed by atoms with Crippen LogP contribution in [0, 0.1) is 5.92 Å². The van der Waals surface area contributed by atoms with Gasteiger partial charge in [0.15, 0.2) is 5.13 Å². The highest BCUT2D eigenvalue weighted by molar-refractivity contribution is 7.13. The molecule has 0 saturated carbocycles. The van der Waals surface area contributed by atoms with Crippen LogP contribution >= 0.6 is 36.2 Å². The van der Waals surface area contributed by atoms with Crippen molar-refractivity contribution in [1.29, 1.82) is 0 Å². The molecule has 0 radical (unpaired) electrons. The van der Waals surface area contributed by atoms with Gasteiger partial charge in [-0.3, -0.25) is 9.59 Å². The van der Waals surface area contributed by atoms with Crippen LogP contribution in [0.15, 0.2) is 23.7 Å². The third-order valence-electron chi connectivity index (χ3n) is 2.72. The van der Waals surface area contributed by atoms with Gasteiger partial charge in [0.2, 0.25) is 11.8 Å². The van der Waals surface area contributed by atoms with Crippen LogP contribution in [0.5, 0.6) is 0 Å². The monoisotopic (exact) mass is 391 g/mol. The third kappa shape index (κ3) is 6.69. The van der Waals surface area contributed by atoms with Crippen molar-refractivity contribution in [3.8, 4) is 0 Å². The molecule has 2 amide bonds. The van der Waals surface area contributed by atoms with Crippen molar-refractivity contribution in [3.05, 3.63) is 29.4 Å². The largest absolute Gasteiger partial charge is 0.384 e. The average molecular weight is 392 g/mol. The predicted octanol–water partition coefficient (Wildman–Crippen LogP) is 2.74. The number of aromatic nitrogens is 2. The van der Waals surface area contributed by atoms with E-state index in [0.29, 0.717) is 22.3 Å². The van der Waals surface area contributed by atoms with E-state index in [1.165, 1.54) is 17.5 Å². The van der Waals surface area contributed by atoms with Gasteiger partial charge in [0.05, 0.1) is 24.0 Å². The zero-order chi connectivity index (χ0) is 16.1. The molecule has 2 aromatic heterocycles. The van der Waals surface area contributed by atoms with Crippen LogP contribution in [0.1, 0.15) is 19.5 Å². The lowest BCUT2D eigenvalue weighted by atomic mass is 10.2. The number of amides is 2. The number of nitrogen functional groups attached to an aromatic ring is 1. The van der Waals surface area contributed by atoms with E-state index in [9.17, 15) is 9.59 Å². The molecule has 0 atom stereocenters. The summed E-state index contributed by atoms with van der Waals surface area (Å²) < 4.78 is 0. The molecular weight excluding hydrogens is 373 g/mol. The Kier molecular flexibility index (Phi) is 9.27. The van der Waals surface area contributed by atoms with Gasteiger partial charge in [0.1, 0.15) is 5.82 Å². The zero-order valence-electron chi connectivity index (χ0n) is 13.1. The first-order valence-corrected chi connectivity index (χ1v) is 7.58. The second-order valence-electron chi connectivity index (χ2n) is 4.98. The molecule has 2 aromatic rings. The van der Waals surface area contributed by atoms with Crippen molar-refractivity contribution in [3.63, 3.8) is 0 Å². The van der Waals surface area contributed by atoms with Gasteiger partial charge in [0.25, 0.3) is 0 Å². The maximum atomic E-state index is 11.9. The molecule has 0 spiro atoms. The molecule has 0 aliphatic carbocycles. The highest BCUT2D eigenvalue weighted by Gasteiger charge is 2.12. The maximum absolute atomic E-state index is 11.9. The number of thiazole rings is 1. The number of nitrogens with zero attached hydrogens (tertiary/aromatic N) is 2. The van der Waals surface area contributed by atoms with E-state index in [4.69, 9.17) is 5.73 Å². The first kappa shape index (κ1) is 22.1. The lowest BCUT2D eigenvalue weighted by molar-refractivity contribution is -0.119. The normalized spacial score (nSPS) is 9.62. The number of pyridine rings is 1. The van der Waals surface area contributed by atoms with E-state index in [1.807, 2.05) is 0 Å². The first-order chi connectivity index (χ1) is 10.4. The highest BCUT2D eigenvalue weighted by atomic mass is 35.5. The van der Waals surface area contributed by atoms with E-state index in [-0.39, 0.29) is 49.0 Å². The molecular formula is C14H19Cl2N5O2S. The van der Waals surface area contributed by atoms with Gasteiger partial charge < -0.3 is 16.4 Å². The molecule has 0 aliphatic rings. The maximum Gasteiger partial charge on any atom is 0.230 e. The van der Waals surface area contributed by atoms with Crippen LogP contribution in [-0.4, -0.2) is 21.8 Å². The number of carbonyl (C=O) groups excluding carboxylic acids is 2. The fourth-order valence-corrected chi connectivity index (χ4v) is 2.26. The number of rotatable bonds is 5. The van der Waals surface area contributed by atoms with E-state index in [1.54, 1.807) is 31.4 Å². The molecule has 2 rings (SSSR count). The molecule has 0 unspecified atom stereocenters. The van der Waals surface area contributed by atoms with Crippen LogP contribution in [0.4, 0.5) is 16.6 Å². The fraction of sp³-hybridized carbons (Fsp3) is 0.286. The summed E-state index contributed by atoms with van der Waals surface area (Å²) in [5, 5.41) is 7.65. The van der Waals surface area contributed by atoms with Crippen LogP contribution < -0.4 is 16.4 Å². The summed E-state index contributed by atoms with van der Waals surface area (Å²) in [4.78, 5) is 31.6. The van der Waals surface area contributed by atoms with Crippen molar-refractivity contribution < 1.29 is 9.59 Å². The summed E-state index contributed by atoms with van der Waals surface area (Å²) in [6.45, 7) is 3.61. The molecule has 0 aliphatic heterocycles. The van der Waals surface area contributed by atoms with Crippen LogP contribution in [0.25, 0.3) is 0 Å². The van der Waals surface area contributed by atoms with Gasteiger partial charge in [-0.1, -0.05) is 13.8 Å². The number of anilines is 3. The van der Waals surface area contributed by atoms with Gasteiger partial charge in [-0.05, 0) is 12.1 Å². The Labute approximate surface area is 156 Å². The quantitative estimate of drug-likeness (QED) is 0.725. The minimum atomic E-state index is -0.210. The summed E-state index contributed by atoms with van der Waals surface area (Å²) >= 11 is 1.29. The Balaban J connectivity index is 0.00000264. The predicted molar refractivity (Wildman–Crippen MR) is 101 cm³/mol. The van der Waals surface area contributed by atoms with Crippen LogP contribution in [-0.2, 0) is 16.0 Å². The van der Waals surface area contributed by atoms with E-state index in [2.05, 4.69) is 20.6 Å². The molecule has 132 valence electrons. The number of carbonyl (C=O) groups is 2. The SMILES string of the molecule is CC(C)C(=O)Nc1nc(CC(=O)Nc2ccc(N)nc2)cs1.Cl.Cl. The standard InChI is InChI=1S/C14H17N5O2S.2ClH/c1-8(2)13(21)19-14-18-10(7-22-14)5-12(20)17-9-3-4-11(15)16-6-9;;/h3-4,6-8H,5H2,1-2H3,(H2,15,16)(H,17,20)(H,18,19,21);2*1H. The third-order valence-corrected chi connectivity index (χ3v) is 3.52.